The molecule has 0 unspecified atom stereocenters. The van der Waals surface area contributed by atoms with Crippen molar-refractivity contribution < 1.29 is 0 Å². The molecule has 18 heavy (non-hydrogen) atoms. The van der Waals surface area contributed by atoms with Gasteiger partial charge in [-0.05, 0) is 44.7 Å². The normalized spacial score (nSPS) is 28.1. The van der Waals surface area contributed by atoms with E-state index in [1.165, 1.54) is 37.4 Å². The lowest BCUT2D eigenvalue weighted by atomic mass is 10.0. The fourth-order valence-corrected chi connectivity index (χ4v) is 3.42. The Hall–Kier alpha value is -1.02. The number of aryl methyl sites for hydroxylation is 1. The molecule has 2 heteroatoms. The van der Waals surface area contributed by atoms with E-state index in [0.29, 0.717) is 6.04 Å². The minimum Gasteiger partial charge on any atom is -0.371 e. The molecule has 0 N–H and O–H groups in total. The van der Waals surface area contributed by atoms with Crippen LogP contribution in [0.2, 0.25) is 0 Å². The van der Waals surface area contributed by atoms with Crippen LogP contribution >= 0.6 is 0 Å². The van der Waals surface area contributed by atoms with Gasteiger partial charge in [-0.2, -0.15) is 0 Å². The van der Waals surface area contributed by atoms with E-state index in [4.69, 9.17) is 0 Å². The smallest absolute Gasteiger partial charge is 0.0366 e. The number of benzene rings is 1. The van der Waals surface area contributed by atoms with Gasteiger partial charge in [0.05, 0.1) is 0 Å². The first-order valence-corrected chi connectivity index (χ1v) is 7.19. The molecule has 2 saturated heterocycles. The average Bonchev–Trinajstić information content (AvgIpc) is 2.87. The van der Waals surface area contributed by atoms with Gasteiger partial charge in [0.25, 0.3) is 0 Å². The van der Waals surface area contributed by atoms with Gasteiger partial charge in [0.2, 0.25) is 0 Å². The fourth-order valence-electron chi connectivity index (χ4n) is 3.42. The van der Waals surface area contributed by atoms with E-state index < -0.39 is 0 Å². The molecule has 0 saturated carbocycles. The number of nitrogens with zero attached hydrogens (tertiary/aromatic N) is 2. The van der Waals surface area contributed by atoms with Crippen LogP contribution < -0.4 is 4.90 Å². The fraction of sp³-hybridized carbons (Fsp3) is 0.625. The first kappa shape index (κ1) is 12.0. The lowest BCUT2D eigenvalue weighted by molar-refractivity contribution is 0.258. The van der Waals surface area contributed by atoms with Crippen LogP contribution in [0.5, 0.6) is 0 Å². The average molecular weight is 244 g/mol. The Labute approximate surface area is 111 Å². The molecule has 0 aromatic heterocycles. The van der Waals surface area contributed by atoms with Crippen LogP contribution in [0.1, 0.15) is 19.4 Å². The van der Waals surface area contributed by atoms with Crippen molar-refractivity contribution in [3.8, 4) is 0 Å². The number of likely N-dealkylation sites (tertiary alicyclic amines) is 1. The van der Waals surface area contributed by atoms with Crippen molar-refractivity contribution in [1.82, 2.24) is 4.90 Å². The highest BCUT2D eigenvalue weighted by Crippen LogP contribution is 2.34. The molecule has 2 fully saturated rings. The van der Waals surface area contributed by atoms with Crippen molar-refractivity contribution in [3.63, 3.8) is 0 Å². The summed E-state index contributed by atoms with van der Waals surface area (Å²) in [5.74, 6) is 1.77. The highest BCUT2D eigenvalue weighted by atomic mass is 15.2. The predicted octanol–water partition coefficient (Wildman–Crippen LogP) is 2.77. The second-order valence-electron chi connectivity index (χ2n) is 6.31. The Morgan fingerprint density at radius 1 is 0.944 bits per heavy atom. The second kappa shape index (κ2) is 4.58. The molecule has 2 aliphatic rings. The molecule has 2 aliphatic heterocycles. The Morgan fingerprint density at radius 3 is 2.00 bits per heavy atom. The van der Waals surface area contributed by atoms with Crippen LogP contribution in [-0.4, -0.2) is 37.1 Å². The second-order valence-corrected chi connectivity index (χ2v) is 6.31. The lowest BCUT2D eigenvalue weighted by Gasteiger charge is -2.25. The van der Waals surface area contributed by atoms with Crippen molar-refractivity contribution in [2.24, 2.45) is 11.8 Å². The van der Waals surface area contributed by atoms with Gasteiger partial charge < -0.3 is 9.80 Å². The minimum absolute atomic E-state index is 0.712. The maximum absolute atomic E-state index is 2.64. The maximum Gasteiger partial charge on any atom is 0.0366 e. The molecule has 2 heterocycles. The summed E-state index contributed by atoms with van der Waals surface area (Å²) in [4.78, 5) is 5.22. The molecule has 2 nitrogen and oxygen atoms in total. The molecule has 0 spiro atoms. The third-order valence-corrected chi connectivity index (χ3v) is 4.64. The monoisotopic (exact) mass is 244 g/mol. The van der Waals surface area contributed by atoms with Gasteiger partial charge >= 0.3 is 0 Å². The Bertz CT molecular complexity index is 396. The quantitative estimate of drug-likeness (QED) is 0.789. The van der Waals surface area contributed by atoms with Crippen LogP contribution in [0.15, 0.2) is 24.3 Å². The molecular formula is C16H24N2. The van der Waals surface area contributed by atoms with Gasteiger partial charge in [-0.25, -0.2) is 0 Å². The zero-order valence-electron chi connectivity index (χ0n) is 11.8. The van der Waals surface area contributed by atoms with E-state index >= 15 is 0 Å². The molecule has 1 aromatic carbocycles. The van der Waals surface area contributed by atoms with Crippen molar-refractivity contribution in [1.29, 1.82) is 0 Å². The molecule has 0 radical (unpaired) electrons. The van der Waals surface area contributed by atoms with E-state index in [1.807, 2.05) is 0 Å². The molecule has 1 aromatic rings. The van der Waals surface area contributed by atoms with E-state index in [1.54, 1.807) is 0 Å². The van der Waals surface area contributed by atoms with Gasteiger partial charge in [-0.3, -0.25) is 0 Å². The van der Waals surface area contributed by atoms with Crippen LogP contribution in [-0.2, 0) is 0 Å². The van der Waals surface area contributed by atoms with Crippen molar-refractivity contribution in [2.45, 2.75) is 26.8 Å². The Morgan fingerprint density at radius 2 is 1.50 bits per heavy atom. The molecule has 0 amide bonds. The molecule has 3 rings (SSSR count). The number of hydrogen-bond acceptors (Lipinski definition) is 2. The van der Waals surface area contributed by atoms with E-state index in [2.05, 4.69) is 54.8 Å². The summed E-state index contributed by atoms with van der Waals surface area (Å²) < 4.78 is 0. The van der Waals surface area contributed by atoms with Gasteiger partial charge in [0.1, 0.15) is 0 Å². The summed E-state index contributed by atoms with van der Waals surface area (Å²) in [6.07, 6.45) is 0. The first-order chi connectivity index (χ1) is 8.63. The predicted molar refractivity (Wildman–Crippen MR) is 77.1 cm³/mol. The van der Waals surface area contributed by atoms with E-state index in [9.17, 15) is 0 Å². The third kappa shape index (κ3) is 2.14. The van der Waals surface area contributed by atoms with Gasteiger partial charge in [-0.1, -0.05) is 17.7 Å². The number of anilines is 1. The Kier molecular flexibility index (Phi) is 3.06. The topological polar surface area (TPSA) is 6.48 Å². The SMILES string of the molecule is Cc1ccc(N2C[C@@H]3CN(C(C)C)C[C@@H]3C2)cc1. The lowest BCUT2D eigenvalue weighted by Crippen LogP contribution is -2.33. The number of fused-ring (bicyclic) bond motifs is 1. The minimum atomic E-state index is 0.712. The van der Waals surface area contributed by atoms with E-state index in [0.717, 1.165) is 11.8 Å². The maximum atomic E-state index is 2.64. The van der Waals surface area contributed by atoms with Crippen LogP contribution in [0.3, 0.4) is 0 Å². The first-order valence-electron chi connectivity index (χ1n) is 7.19. The summed E-state index contributed by atoms with van der Waals surface area (Å²) >= 11 is 0. The third-order valence-electron chi connectivity index (χ3n) is 4.64. The van der Waals surface area contributed by atoms with Crippen molar-refractivity contribution >= 4 is 5.69 Å². The highest BCUT2D eigenvalue weighted by Gasteiger charge is 2.40. The zero-order chi connectivity index (χ0) is 12.7. The van der Waals surface area contributed by atoms with E-state index in [-0.39, 0.29) is 0 Å². The Balaban J connectivity index is 1.66. The van der Waals surface area contributed by atoms with Crippen LogP contribution in [0.4, 0.5) is 5.69 Å². The molecular weight excluding hydrogens is 220 g/mol. The van der Waals surface area contributed by atoms with Crippen molar-refractivity contribution in [3.05, 3.63) is 29.8 Å². The summed E-state index contributed by atoms with van der Waals surface area (Å²) in [6.45, 7) is 11.9. The summed E-state index contributed by atoms with van der Waals surface area (Å²) in [7, 11) is 0. The number of hydrogen-bond donors (Lipinski definition) is 0. The van der Waals surface area contributed by atoms with Gasteiger partial charge in [0, 0.05) is 37.9 Å². The van der Waals surface area contributed by atoms with Crippen LogP contribution in [0, 0.1) is 18.8 Å². The molecule has 2 atom stereocenters. The van der Waals surface area contributed by atoms with Gasteiger partial charge in [-0.15, -0.1) is 0 Å². The van der Waals surface area contributed by atoms with Crippen molar-refractivity contribution in [2.75, 3.05) is 31.1 Å². The zero-order valence-corrected chi connectivity index (χ0v) is 11.8. The van der Waals surface area contributed by atoms with Crippen LogP contribution in [0.25, 0.3) is 0 Å². The molecule has 0 aliphatic carbocycles. The standard InChI is InChI=1S/C16H24N2/c1-12(2)17-8-14-10-18(11-15(14)9-17)16-6-4-13(3)5-7-16/h4-7,12,14-15H,8-11H2,1-3H3/t14-,15+. The summed E-state index contributed by atoms with van der Waals surface area (Å²) in [6, 6.07) is 9.71. The number of rotatable bonds is 2. The molecule has 98 valence electrons. The van der Waals surface area contributed by atoms with Gasteiger partial charge in [0.15, 0.2) is 0 Å². The highest BCUT2D eigenvalue weighted by molar-refractivity contribution is 5.48. The molecule has 0 bridgehead atoms. The summed E-state index contributed by atoms with van der Waals surface area (Å²) in [5.41, 5.74) is 2.76. The largest absolute Gasteiger partial charge is 0.371 e. The summed E-state index contributed by atoms with van der Waals surface area (Å²) in [5, 5.41) is 0.